The standard InChI is InChI=1S/C16H22O/c1-3-13-6-4-5-7-16(13)15-10-8-14(9-11-15)12(2)17/h4-7,14-15H,3,8-11H2,1-2H3. The Morgan fingerprint density at radius 1 is 1.18 bits per heavy atom. The molecule has 0 unspecified atom stereocenters. The van der Waals surface area contributed by atoms with Crippen LogP contribution in [0.15, 0.2) is 24.3 Å². The molecule has 1 aromatic rings. The van der Waals surface area contributed by atoms with Crippen molar-refractivity contribution in [3.8, 4) is 0 Å². The number of Topliss-reactive ketones (excluding diaryl/α,β-unsaturated/α-hetero) is 1. The zero-order chi connectivity index (χ0) is 12.3. The first-order valence-corrected chi connectivity index (χ1v) is 6.80. The summed E-state index contributed by atoms with van der Waals surface area (Å²) in [6.07, 6.45) is 5.64. The molecule has 0 spiro atoms. The molecule has 17 heavy (non-hydrogen) atoms. The summed E-state index contributed by atoms with van der Waals surface area (Å²) in [5.74, 6) is 1.40. The lowest BCUT2D eigenvalue weighted by Gasteiger charge is -2.28. The van der Waals surface area contributed by atoms with Crippen LogP contribution in [0.25, 0.3) is 0 Å². The van der Waals surface area contributed by atoms with Crippen LogP contribution in [0.5, 0.6) is 0 Å². The molecular weight excluding hydrogens is 208 g/mol. The molecular formula is C16H22O. The van der Waals surface area contributed by atoms with Crippen molar-refractivity contribution in [2.24, 2.45) is 5.92 Å². The number of hydrogen-bond acceptors (Lipinski definition) is 1. The van der Waals surface area contributed by atoms with E-state index in [1.54, 1.807) is 6.92 Å². The van der Waals surface area contributed by atoms with Gasteiger partial charge in [-0.3, -0.25) is 4.79 Å². The molecule has 0 saturated heterocycles. The predicted molar refractivity (Wildman–Crippen MR) is 71.2 cm³/mol. The molecule has 1 aliphatic carbocycles. The summed E-state index contributed by atoms with van der Waals surface area (Å²) in [6, 6.07) is 8.79. The van der Waals surface area contributed by atoms with Crippen LogP contribution < -0.4 is 0 Å². The fourth-order valence-corrected chi connectivity index (χ4v) is 3.07. The van der Waals surface area contributed by atoms with Gasteiger partial charge in [-0.15, -0.1) is 0 Å². The molecule has 0 aromatic heterocycles. The Hall–Kier alpha value is -1.11. The number of rotatable bonds is 3. The van der Waals surface area contributed by atoms with Crippen LogP contribution in [-0.4, -0.2) is 5.78 Å². The minimum absolute atomic E-state index is 0.333. The number of carbonyl (C=O) groups is 1. The summed E-state index contributed by atoms with van der Waals surface area (Å²) >= 11 is 0. The topological polar surface area (TPSA) is 17.1 Å². The van der Waals surface area contributed by atoms with E-state index in [0.717, 1.165) is 19.3 Å². The van der Waals surface area contributed by atoms with Crippen molar-refractivity contribution in [2.75, 3.05) is 0 Å². The average Bonchev–Trinajstić information content (AvgIpc) is 2.39. The van der Waals surface area contributed by atoms with Gasteiger partial charge in [0.15, 0.2) is 0 Å². The largest absolute Gasteiger partial charge is 0.300 e. The summed E-state index contributed by atoms with van der Waals surface area (Å²) in [4.78, 5) is 11.4. The predicted octanol–water partition coefficient (Wildman–Crippen LogP) is 4.11. The Bertz CT molecular complexity index is 386. The number of aryl methyl sites for hydroxylation is 1. The molecule has 1 heteroatoms. The molecule has 0 bridgehead atoms. The number of benzene rings is 1. The van der Waals surface area contributed by atoms with Crippen molar-refractivity contribution in [2.45, 2.75) is 51.9 Å². The van der Waals surface area contributed by atoms with Crippen molar-refractivity contribution in [1.82, 2.24) is 0 Å². The average molecular weight is 230 g/mol. The molecule has 0 N–H and O–H groups in total. The fraction of sp³-hybridized carbons (Fsp3) is 0.562. The molecule has 0 amide bonds. The van der Waals surface area contributed by atoms with E-state index >= 15 is 0 Å². The fourth-order valence-electron chi connectivity index (χ4n) is 3.07. The molecule has 1 aromatic carbocycles. The third kappa shape index (κ3) is 2.77. The Morgan fingerprint density at radius 2 is 1.82 bits per heavy atom. The lowest BCUT2D eigenvalue weighted by molar-refractivity contribution is -0.121. The molecule has 0 radical (unpaired) electrons. The maximum atomic E-state index is 11.4. The minimum atomic E-state index is 0.333. The molecule has 0 aliphatic heterocycles. The normalized spacial score (nSPS) is 24.6. The van der Waals surface area contributed by atoms with Crippen molar-refractivity contribution < 1.29 is 4.79 Å². The third-order valence-corrected chi connectivity index (χ3v) is 4.18. The second-order valence-corrected chi connectivity index (χ2v) is 5.21. The van der Waals surface area contributed by atoms with Gasteiger partial charge in [-0.25, -0.2) is 0 Å². The molecule has 0 atom stereocenters. The highest BCUT2D eigenvalue weighted by atomic mass is 16.1. The van der Waals surface area contributed by atoms with Gasteiger partial charge < -0.3 is 0 Å². The Kier molecular flexibility index (Phi) is 3.98. The van der Waals surface area contributed by atoms with E-state index in [0.29, 0.717) is 17.6 Å². The lowest BCUT2D eigenvalue weighted by atomic mass is 9.76. The summed E-state index contributed by atoms with van der Waals surface area (Å²) < 4.78 is 0. The SMILES string of the molecule is CCc1ccccc1C1CCC(C(C)=O)CC1. The second-order valence-electron chi connectivity index (χ2n) is 5.21. The van der Waals surface area contributed by atoms with E-state index in [9.17, 15) is 4.79 Å². The lowest BCUT2D eigenvalue weighted by Crippen LogP contribution is -2.19. The highest BCUT2D eigenvalue weighted by Crippen LogP contribution is 2.37. The highest BCUT2D eigenvalue weighted by molar-refractivity contribution is 5.78. The first-order valence-electron chi connectivity index (χ1n) is 6.80. The highest BCUT2D eigenvalue weighted by Gasteiger charge is 2.25. The quantitative estimate of drug-likeness (QED) is 0.763. The van der Waals surface area contributed by atoms with Gasteiger partial charge in [0, 0.05) is 5.92 Å². The van der Waals surface area contributed by atoms with Gasteiger partial charge >= 0.3 is 0 Å². The smallest absolute Gasteiger partial charge is 0.132 e. The Balaban J connectivity index is 2.07. The van der Waals surface area contributed by atoms with Crippen LogP contribution >= 0.6 is 0 Å². The van der Waals surface area contributed by atoms with E-state index in [2.05, 4.69) is 31.2 Å². The van der Waals surface area contributed by atoms with Crippen molar-refractivity contribution in [1.29, 1.82) is 0 Å². The summed E-state index contributed by atoms with van der Waals surface area (Å²) in [6.45, 7) is 3.96. The monoisotopic (exact) mass is 230 g/mol. The first kappa shape index (κ1) is 12.3. The van der Waals surface area contributed by atoms with Gasteiger partial charge in [0.1, 0.15) is 5.78 Å². The van der Waals surface area contributed by atoms with E-state index in [-0.39, 0.29) is 0 Å². The van der Waals surface area contributed by atoms with Crippen LogP contribution in [0.3, 0.4) is 0 Å². The van der Waals surface area contributed by atoms with Crippen molar-refractivity contribution >= 4 is 5.78 Å². The number of hydrogen-bond donors (Lipinski definition) is 0. The van der Waals surface area contributed by atoms with Crippen LogP contribution in [0.4, 0.5) is 0 Å². The van der Waals surface area contributed by atoms with Gasteiger partial charge in [-0.05, 0) is 56.1 Å². The van der Waals surface area contributed by atoms with E-state index < -0.39 is 0 Å². The van der Waals surface area contributed by atoms with Gasteiger partial charge in [-0.1, -0.05) is 31.2 Å². The van der Waals surface area contributed by atoms with Gasteiger partial charge in [0.05, 0.1) is 0 Å². The molecule has 1 fully saturated rings. The minimum Gasteiger partial charge on any atom is -0.300 e. The molecule has 1 saturated carbocycles. The van der Waals surface area contributed by atoms with Crippen LogP contribution in [0.2, 0.25) is 0 Å². The maximum absolute atomic E-state index is 11.4. The summed E-state index contributed by atoms with van der Waals surface area (Å²) in [7, 11) is 0. The molecule has 2 rings (SSSR count). The van der Waals surface area contributed by atoms with Crippen LogP contribution in [-0.2, 0) is 11.2 Å². The van der Waals surface area contributed by atoms with Gasteiger partial charge in [-0.2, -0.15) is 0 Å². The van der Waals surface area contributed by atoms with Gasteiger partial charge in [0.2, 0.25) is 0 Å². The van der Waals surface area contributed by atoms with Crippen molar-refractivity contribution in [3.63, 3.8) is 0 Å². The maximum Gasteiger partial charge on any atom is 0.132 e. The van der Waals surface area contributed by atoms with Crippen LogP contribution in [0.1, 0.15) is 56.6 Å². The van der Waals surface area contributed by atoms with E-state index in [4.69, 9.17) is 0 Å². The zero-order valence-electron chi connectivity index (χ0n) is 10.9. The molecule has 0 heterocycles. The molecule has 1 aliphatic rings. The third-order valence-electron chi connectivity index (χ3n) is 4.18. The summed E-state index contributed by atoms with van der Waals surface area (Å²) in [5.41, 5.74) is 3.01. The van der Waals surface area contributed by atoms with Crippen molar-refractivity contribution in [3.05, 3.63) is 35.4 Å². The first-order chi connectivity index (χ1) is 8.22. The van der Waals surface area contributed by atoms with E-state index in [1.807, 2.05) is 0 Å². The van der Waals surface area contributed by atoms with Crippen LogP contribution in [0, 0.1) is 5.92 Å². The Labute approximate surface area is 104 Å². The number of ketones is 1. The number of carbonyl (C=O) groups excluding carboxylic acids is 1. The van der Waals surface area contributed by atoms with E-state index in [1.165, 1.54) is 24.0 Å². The molecule has 92 valence electrons. The second kappa shape index (κ2) is 5.48. The molecule has 1 nitrogen and oxygen atoms in total. The summed E-state index contributed by atoms with van der Waals surface area (Å²) in [5, 5.41) is 0. The van der Waals surface area contributed by atoms with Gasteiger partial charge in [0.25, 0.3) is 0 Å². The zero-order valence-corrected chi connectivity index (χ0v) is 10.9. The Morgan fingerprint density at radius 3 is 2.41 bits per heavy atom.